The SMILES string of the molecule is COC1CCCC(O)(C[S+](C)C)C1(OC(N)=O)C1(C)OC1CC=C(C)C.[I-]. The predicted molar refractivity (Wildman–Crippen MR) is 104 cm³/mol. The van der Waals surface area contributed by atoms with E-state index in [1.807, 2.05) is 20.8 Å². The molecule has 1 saturated heterocycles. The van der Waals surface area contributed by atoms with E-state index < -0.39 is 29.0 Å². The van der Waals surface area contributed by atoms with Crippen molar-refractivity contribution < 1.29 is 48.1 Å². The molecule has 158 valence electrons. The number of methoxy groups -OCH3 is 1. The van der Waals surface area contributed by atoms with Crippen LogP contribution in [0.2, 0.25) is 0 Å². The molecular weight excluding hydrogens is 481 g/mol. The number of hydrogen-bond donors (Lipinski definition) is 2. The molecule has 2 fully saturated rings. The first-order valence-electron chi connectivity index (χ1n) is 9.11. The quantitative estimate of drug-likeness (QED) is 0.199. The molecule has 27 heavy (non-hydrogen) atoms. The summed E-state index contributed by atoms with van der Waals surface area (Å²) in [6, 6.07) is 0. The second-order valence-corrected chi connectivity index (χ2v) is 10.4. The van der Waals surface area contributed by atoms with Crippen LogP contribution in [0.3, 0.4) is 0 Å². The zero-order valence-electron chi connectivity index (χ0n) is 17.2. The average molecular weight is 515 g/mol. The van der Waals surface area contributed by atoms with Crippen molar-refractivity contribution >= 4 is 17.0 Å². The van der Waals surface area contributed by atoms with Crippen LogP contribution in [0, 0.1) is 0 Å². The zero-order valence-corrected chi connectivity index (χ0v) is 20.2. The first kappa shape index (κ1) is 25.0. The molecule has 0 radical (unpaired) electrons. The van der Waals surface area contributed by atoms with Gasteiger partial charge in [-0.3, -0.25) is 0 Å². The maximum absolute atomic E-state index is 11.9. The minimum Gasteiger partial charge on any atom is -1.00 e. The number of halogens is 1. The summed E-state index contributed by atoms with van der Waals surface area (Å²) >= 11 is 0. The highest BCUT2D eigenvalue weighted by atomic mass is 127. The highest BCUT2D eigenvalue weighted by molar-refractivity contribution is 7.95. The Balaban J connectivity index is 0.00000364. The molecule has 3 N–H and O–H groups in total. The first-order valence-corrected chi connectivity index (χ1v) is 11.3. The topological polar surface area (TPSA) is 94.3 Å². The fourth-order valence-electron chi connectivity index (χ4n) is 4.62. The second-order valence-electron chi connectivity index (χ2n) is 8.17. The van der Waals surface area contributed by atoms with Crippen molar-refractivity contribution in [1.29, 1.82) is 0 Å². The van der Waals surface area contributed by atoms with E-state index in [1.54, 1.807) is 7.11 Å². The zero-order chi connectivity index (χ0) is 19.8. The van der Waals surface area contributed by atoms with Gasteiger partial charge in [-0.05, 0) is 57.3 Å². The molecule has 0 aromatic rings. The molecule has 5 atom stereocenters. The van der Waals surface area contributed by atoms with E-state index in [2.05, 4.69) is 18.6 Å². The summed E-state index contributed by atoms with van der Waals surface area (Å²) < 4.78 is 17.6. The summed E-state index contributed by atoms with van der Waals surface area (Å²) in [6.45, 7) is 5.97. The molecule has 0 aromatic heterocycles. The smallest absolute Gasteiger partial charge is 0.405 e. The van der Waals surface area contributed by atoms with Crippen molar-refractivity contribution in [3.63, 3.8) is 0 Å². The van der Waals surface area contributed by atoms with E-state index >= 15 is 0 Å². The van der Waals surface area contributed by atoms with Gasteiger partial charge in [0, 0.05) is 7.11 Å². The Labute approximate surface area is 182 Å². The number of amides is 1. The molecule has 0 spiro atoms. The number of carbonyl (C=O) groups is 1. The lowest BCUT2D eigenvalue weighted by Crippen LogP contribution is -3.00. The van der Waals surface area contributed by atoms with Crippen LogP contribution in [0.25, 0.3) is 0 Å². The highest BCUT2D eigenvalue weighted by Gasteiger charge is 2.79. The number of ether oxygens (including phenoxy) is 3. The number of nitrogens with two attached hydrogens (primary N) is 1. The Morgan fingerprint density at radius 1 is 1.41 bits per heavy atom. The van der Waals surface area contributed by atoms with Crippen molar-refractivity contribution in [2.75, 3.05) is 25.4 Å². The van der Waals surface area contributed by atoms with Gasteiger partial charge >= 0.3 is 6.09 Å². The van der Waals surface area contributed by atoms with Crippen LogP contribution in [-0.4, -0.2) is 65.6 Å². The molecule has 2 aliphatic rings. The molecule has 1 heterocycles. The number of allylic oxidation sites excluding steroid dienone is 1. The average Bonchev–Trinajstić information content (AvgIpc) is 3.18. The van der Waals surface area contributed by atoms with Gasteiger partial charge in [0.15, 0.2) is 5.60 Å². The molecular formula is C19H34INO5S. The third-order valence-corrected chi connectivity index (χ3v) is 6.75. The third kappa shape index (κ3) is 4.60. The van der Waals surface area contributed by atoms with Crippen molar-refractivity contribution in [1.82, 2.24) is 0 Å². The number of carbonyl (C=O) groups excluding carboxylic acids is 1. The van der Waals surface area contributed by atoms with Crippen molar-refractivity contribution in [3.05, 3.63) is 11.6 Å². The molecule has 6 nitrogen and oxygen atoms in total. The maximum Gasteiger partial charge on any atom is 0.405 e. The molecule has 1 saturated carbocycles. The van der Waals surface area contributed by atoms with Gasteiger partial charge in [-0.1, -0.05) is 11.6 Å². The number of primary amides is 1. The van der Waals surface area contributed by atoms with Gasteiger partial charge in [-0.2, -0.15) is 0 Å². The molecule has 1 aliphatic carbocycles. The van der Waals surface area contributed by atoms with Crippen LogP contribution in [0.15, 0.2) is 11.6 Å². The Kier molecular flexibility index (Phi) is 8.51. The van der Waals surface area contributed by atoms with Crippen LogP contribution in [0.4, 0.5) is 4.79 Å². The fraction of sp³-hybridized carbons (Fsp3) is 0.842. The van der Waals surface area contributed by atoms with Gasteiger partial charge in [-0.25, -0.2) is 4.79 Å². The Hall–Kier alpha value is -0.0300. The van der Waals surface area contributed by atoms with Gasteiger partial charge in [0.2, 0.25) is 5.60 Å². The monoisotopic (exact) mass is 515 g/mol. The van der Waals surface area contributed by atoms with Gasteiger partial charge < -0.3 is 49.0 Å². The summed E-state index contributed by atoms with van der Waals surface area (Å²) in [6.07, 6.45) is 7.40. The Bertz CT molecular complexity index is 570. The van der Waals surface area contributed by atoms with Gasteiger partial charge in [0.25, 0.3) is 0 Å². The number of rotatable bonds is 7. The first-order chi connectivity index (χ1) is 12.0. The number of epoxide rings is 1. The van der Waals surface area contributed by atoms with Crippen molar-refractivity contribution in [3.8, 4) is 0 Å². The van der Waals surface area contributed by atoms with Crippen molar-refractivity contribution in [2.24, 2.45) is 5.73 Å². The molecule has 1 aliphatic heterocycles. The predicted octanol–water partition coefficient (Wildman–Crippen LogP) is -0.854. The van der Waals surface area contributed by atoms with Crippen LogP contribution in [-0.2, 0) is 25.1 Å². The molecule has 2 rings (SSSR count). The van der Waals surface area contributed by atoms with E-state index in [-0.39, 0.29) is 41.0 Å². The van der Waals surface area contributed by atoms with Gasteiger partial charge in [0.05, 0.1) is 18.6 Å². The van der Waals surface area contributed by atoms with Crippen LogP contribution in [0.1, 0.15) is 46.5 Å². The normalized spacial score (nSPS) is 38.1. The summed E-state index contributed by atoms with van der Waals surface area (Å²) in [5, 5.41) is 11.8. The second kappa shape index (κ2) is 9.19. The van der Waals surface area contributed by atoms with Crippen LogP contribution < -0.4 is 29.7 Å². The third-order valence-electron chi connectivity index (χ3n) is 5.70. The van der Waals surface area contributed by atoms with Gasteiger partial charge in [0.1, 0.15) is 17.5 Å². The maximum atomic E-state index is 11.9. The fourth-order valence-corrected chi connectivity index (χ4v) is 5.93. The van der Waals surface area contributed by atoms with Crippen LogP contribution in [0.5, 0.6) is 0 Å². The Morgan fingerprint density at radius 2 is 2.04 bits per heavy atom. The molecule has 5 unspecified atom stereocenters. The molecule has 0 bridgehead atoms. The summed E-state index contributed by atoms with van der Waals surface area (Å²) in [5.74, 6) is 0.508. The van der Waals surface area contributed by atoms with E-state index in [0.717, 1.165) is 6.42 Å². The summed E-state index contributed by atoms with van der Waals surface area (Å²) in [7, 11) is 1.52. The molecule has 0 aromatic carbocycles. The lowest BCUT2D eigenvalue weighted by molar-refractivity contribution is -0.245. The minimum absolute atomic E-state index is 0. The van der Waals surface area contributed by atoms with Crippen molar-refractivity contribution in [2.45, 2.75) is 75.5 Å². The molecule has 8 heteroatoms. The van der Waals surface area contributed by atoms with E-state index in [9.17, 15) is 9.90 Å². The van der Waals surface area contributed by atoms with Gasteiger partial charge in [-0.15, -0.1) is 0 Å². The lowest BCUT2D eigenvalue weighted by atomic mass is 9.63. The summed E-state index contributed by atoms with van der Waals surface area (Å²) in [4.78, 5) is 11.9. The highest BCUT2D eigenvalue weighted by Crippen LogP contribution is 2.59. The summed E-state index contributed by atoms with van der Waals surface area (Å²) in [5.41, 5.74) is 3.25. The Morgan fingerprint density at radius 3 is 2.52 bits per heavy atom. The van der Waals surface area contributed by atoms with Crippen LogP contribution >= 0.6 is 0 Å². The van der Waals surface area contributed by atoms with E-state index in [4.69, 9.17) is 19.9 Å². The standard InChI is InChI=1S/C19H33NO5S.HI/c1-13(2)9-10-14-17(3,24-14)19(25-16(20)21)15(23-4)8-7-11-18(19,22)12-26(5)6;/h9,14-15,22H,7-8,10-12H2,1-6H3,(H-,20,21);1H. The number of aliphatic hydroxyl groups is 1. The number of hydrogen-bond acceptors (Lipinski definition) is 5. The minimum atomic E-state index is -1.32. The van der Waals surface area contributed by atoms with E-state index in [0.29, 0.717) is 25.0 Å². The molecule has 1 amide bonds. The lowest BCUT2D eigenvalue weighted by Gasteiger charge is -2.53. The largest absolute Gasteiger partial charge is 1.00 e. The van der Waals surface area contributed by atoms with E-state index in [1.165, 1.54) is 5.57 Å².